The number of nitrogens with two attached hydrogens (primary N) is 1. The molecule has 0 amide bonds. The first-order valence-corrected chi connectivity index (χ1v) is 10.6. The fraction of sp³-hybridized carbons (Fsp3) is 0. The molecule has 3 aromatic rings. The summed E-state index contributed by atoms with van der Waals surface area (Å²) in [7, 11) is -6.79. The lowest BCUT2D eigenvalue weighted by Gasteiger charge is -2.20. The molecule has 2 N–H and O–H groups in total. The van der Waals surface area contributed by atoms with Crippen molar-refractivity contribution in [1.82, 2.24) is 0 Å². The number of hydrogen-bond acceptors (Lipinski definition) is 2. The van der Waals surface area contributed by atoms with Gasteiger partial charge in [-0.05, 0) is 12.1 Å². The van der Waals surface area contributed by atoms with Gasteiger partial charge in [0.25, 0.3) is 10.0 Å². The Hall–Kier alpha value is -2.20. The van der Waals surface area contributed by atoms with Gasteiger partial charge in [0.05, 0.1) is 4.90 Å². The summed E-state index contributed by atoms with van der Waals surface area (Å²) in [6.07, 6.45) is 0. The van der Waals surface area contributed by atoms with E-state index in [1.807, 2.05) is 60.7 Å². The Morgan fingerprint density at radius 1 is 0.667 bits per heavy atom. The second-order valence-corrected chi connectivity index (χ2v) is 9.70. The standard InChI is InChI=1S/C18H17N2O2PS/c19-23(16-10-4-1-5-11-16,17-12-6-2-7-13-17)20-24(21,22)18-14-8-3-9-15-18/h1-15H,19H2. The minimum absolute atomic E-state index is 0.145. The number of hydrogen-bond donors (Lipinski definition) is 1. The van der Waals surface area contributed by atoms with Crippen molar-refractivity contribution in [3.8, 4) is 0 Å². The van der Waals surface area contributed by atoms with E-state index in [2.05, 4.69) is 4.15 Å². The summed E-state index contributed by atoms with van der Waals surface area (Å²) < 4.78 is 29.8. The van der Waals surface area contributed by atoms with E-state index >= 15 is 0 Å². The lowest BCUT2D eigenvalue weighted by atomic mass is 10.4. The average molecular weight is 356 g/mol. The van der Waals surface area contributed by atoms with Gasteiger partial charge in [-0.3, -0.25) is 5.50 Å². The van der Waals surface area contributed by atoms with Crippen LogP contribution in [-0.2, 0) is 10.0 Å². The van der Waals surface area contributed by atoms with Gasteiger partial charge in [-0.2, -0.15) is 12.6 Å². The minimum Gasteiger partial charge on any atom is -0.289 e. The zero-order valence-electron chi connectivity index (χ0n) is 12.9. The Kier molecular flexibility index (Phi) is 4.67. The van der Waals surface area contributed by atoms with Crippen LogP contribution in [0.2, 0.25) is 0 Å². The highest BCUT2D eigenvalue weighted by Gasteiger charge is 2.24. The van der Waals surface area contributed by atoms with E-state index in [9.17, 15) is 8.42 Å². The molecule has 4 nitrogen and oxygen atoms in total. The first-order valence-electron chi connectivity index (χ1n) is 7.36. The van der Waals surface area contributed by atoms with Crippen LogP contribution in [0.25, 0.3) is 0 Å². The predicted molar refractivity (Wildman–Crippen MR) is 99.3 cm³/mol. The van der Waals surface area contributed by atoms with Gasteiger partial charge < -0.3 is 0 Å². The molecule has 0 saturated heterocycles. The number of nitrogens with zero attached hydrogens (tertiary/aromatic N) is 1. The van der Waals surface area contributed by atoms with Crippen molar-refractivity contribution in [2.75, 3.05) is 0 Å². The van der Waals surface area contributed by atoms with Crippen molar-refractivity contribution in [2.24, 2.45) is 9.65 Å². The van der Waals surface area contributed by atoms with E-state index in [-0.39, 0.29) is 4.90 Å². The molecule has 0 heterocycles. The van der Waals surface area contributed by atoms with Crippen molar-refractivity contribution in [2.45, 2.75) is 4.90 Å². The van der Waals surface area contributed by atoms with Gasteiger partial charge in [0.2, 0.25) is 0 Å². The van der Waals surface area contributed by atoms with Crippen LogP contribution in [0.1, 0.15) is 0 Å². The van der Waals surface area contributed by atoms with Crippen LogP contribution in [0, 0.1) is 0 Å². The minimum atomic E-state index is -3.86. The molecule has 0 aliphatic rings. The monoisotopic (exact) mass is 356 g/mol. The molecule has 0 aliphatic heterocycles. The maximum absolute atomic E-state index is 12.8. The fourth-order valence-electron chi connectivity index (χ4n) is 2.36. The van der Waals surface area contributed by atoms with Crippen molar-refractivity contribution in [3.63, 3.8) is 0 Å². The van der Waals surface area contributed by atoms with Gasteiger partial charge in [-0.25, -0.2) is 0 Å². The topological polar surface area (TPSA) is 72.5 Å². The lowest BCUT2D eigenvalue weighted by molar-refractivity contribution is 0.598. The first-order chi connectivity index (χ1) is 11.5. The summed E-state index contributed by atoms with van der Waals surface area (Å²) in [5.74, 6) is 0. The van der Waals surface area contributed by atoms with Gasteiger partial charge in [0.15, 0.2) is 0 Å². The van der Waals surface area contributed by atoms with Crippen molar-refractivity contribution in [1.29, 1.82) is 0 Å². The van der Waals surface area contributed by atoms with Crippen LogP contribution in [-0.4, -0.2) is 8.42 Å². The van der Waals surface area contributed by atoms with Gasteiger partial charge in [0.1, 0.15) is 7.21 Å². The Labute approximate surface area is 142 Å². The second kappa shape index (κ2) is 6.73. The van der Waals surface area contributed by atoms with E-state index in [1.165, 1.54) is 12.1 Å². The van der Waals surface area contributed by atoms with E-state index in [4.69, 9.17) is 5.50 Å². The molecule has 0 aliphatic carbocycles. The maximum atomic E-state index is 12.8. The third-order valence-corrected chi connectivity index (χ3v) is 8.51. The summed E-state index contributed by atoms with van der Waals surface area (Å²) in [4.78, 5) is 0.145. The zero-order valence-corrected chi connectivity index (χ0v) is 14.6. The van der Waals surface area contributed by atoms with Crippen molar-refractivity contribution in [3.05, 3.63) is 91.0 Å². The summed E-state index contributed by atoms with van der Waals surface area (Å²) in [5, 5.41) is 1.44. The molecule has 0 saturated carbocycles. The fourth-order valence-corrected chi connectivity index (χ4v) is 6.90. The molecule has 0 fully saturated rings. The van der Waals surface area contributed by atoms with Crippen LogP contribution in [0.4, 0.5) is 0 Å². The Balaban J connectivity index is 2.27. The molecule has 0 atom stereocenters. The van der Waals surface area contributed by atoms with Crippen LogP contribution in [0.5, 0.6) is 0 Å². The summed E-state index contributed by atoms with van der Waals surface area (Å²) >= 11 is 0. The largest absolute Gasteiger partial charge is 0.289 e. The highest BCUT2D eigenvalue weighted by atomic mass is 32.2. The Morgan fingerprint density at radius 2 is 1.04 bits per heavy atom. The van der Waals surface area contributed by atoms with Crippen LogP contribution in [0.15, 0.2) is 100 Å². The van der Waals surface area contributed by atoms with Gasteiger partial charge in [-0.1, -0.05) is 78.9 Å². The van der Waals surface area contributed by atoms with Gasteiger partial charge in [-0.15, -0.1) is 0 Å². The molecule has 24 heavy (non-hydrogen) atoms. The molecule has 0 bridgehead atoms. The SMILES string of the molecule is NP(=NS(=O)(=O)c1ccccc1)(c1ccccc1)c1ccccc1. The summed E-state index contributed by atoms with van der Waals surface area (Å²) in [6.45, 7) is 0. The third-order valence-electron chi connectivity index (χ3n) is 3.58. The smallest absolute Gasteiger partial charge is 0.282 e. The molecule has 122 valence electrons. The average Bonchev–Trinajstić information content (AvgIpc) is 2.63. The summed E-state index contributed by atoms with van der Waals surface area (Å²) in [6, 6.07) is 26.5. The van der Waals surface area contributed by atoms with E-state index < -0.39 is 17.2 Å². The molecule has 0 spiro atoms. The molecule has 0 radical (unpaired) electrons. The lowest BCUT2D eigenvalue weighted by Crippen LogP contribution is -2.23. The van der Waals surface area contributed by atoms with Crippen LogP contribution < -0.4 is 16.1 Å². The molecule has 0 unspecified atom stereocenters. The molecular formula is C18H17N2O2PS. The van der Waals surface area contributed by atoms with E-state index in [1.54, 1.807) is 18.2 Å². The molecule has 3 rings (SSSR count). The zero-order chi connectivity index (χ0) is 17.0. The highest BCUT2D eigenvalue weighted by Crippen LogP contribution is 2.41. The number of sulfonamides is 1. The van der Waals surface area contributed by atoms with Crippen molar-refractivity contribution >= 4 is 27.8 Å². The predicted octanol–water partition coefficient (Wildman–Crippen LogP) is 3.10. The van der Waals surface area contributed by atoms with E-state index in [0.29, 0.717) is 0 Å². The third kappa shape index (κ3) is 3.34. The highest BCUT2D eigenvalue weighted by molar-refractivity contribution is 7.96. The molecular weight excluding hydrogens is 339 g/mol. The van der Waals surface area contributed by atoms with Crippen molar-refractivity contribution < 1.29 is 8.42 Å². The second-order valence-electron chi connectivity index (χ2n) is 5.23. The number of rotatable bonds is 4. The van der Waals surface area contributed by atoms with Gasteiger partial charge in [0, 0.05) is 10.6 Å². The Bertz CT molecular complexity index is 930. The molecule has 6 heteroatoms. The van der Waals surface area contributed by atoms with Gasteiger partial charge >= 0.3 is 0 Å². The number of benzene rings is 3. The first kappa shape index (κ1) is 16.7. The van der Waals surface area contributed by atoms with Crippen LogP contribution in [0.3, 0.4) is 0 Å². The normalized spacial score (nSPS) is 11.9. The Morgan fingerprint density at radius 3 is 1.46 bits per heavy atom. The van der Waals surface area contributed by atoms with Crippen LogP contribution >= 0.6 is 7.21 Å². The van der Waals surface area contributed by atoms with E-state index in [0.717, 1.165) is 10.6 Å². The quantitative estimate of drug-likeness (QED) is 0.730. The maximum Gasteiger partial charge on any atom is 0.282 e. The molecule has 0 aromatic heterocycles. The summed E-state index contributed by atoms with van der Waals surface area (Å²) in [5.41, 5.74) is 6.63. The molecule has 3 aromatic carbocycles.